The zero-order valence-corrected chi connectivity index (χ0v) is 13.4. The lowest BCUT2D eigenvalue weighted by Crippen LogP contribution is -2.32. The average Bonchev–Trinajstić information content (AvgIpc) is 3.05. The standard InChI is InChI=1S/C18H19N4/c1-11-7-15-14(9-17-19-5-6-22(15)17)18(13(11)3)16-8-12(2)20-10-21(16)4/h5-8,10H,9H2,1-4H3/q+1. The van der Waals surface area contributed by atoms with Crippen molar-refractivity contribution in [3.8, 4) is 16.9 Å². The van der Waals surface area contributed by atoms with E-state index in [2.05, 4.69) is 58.3 Å². The molecule has 1 aromatic carbocycles. The summed E-state index contributed by atoms with van der Waals surface area (Å²) in [7, 11) is 2.06. The van der Waals surface area contributed by atoms with Gasteiger partial charge in [-0.1, -0.05) is 4.98 Å². The molecule has 0 fully saturated rings. The maximum absolute atomic E-state index is 4.49. The van der Waals surface area contributed by atoms with Crippen LogP contribution in [-0.4, -0.2) is 14.5 Å². The third-order valence-corrected chi connectivity index (χ3v) is 4.66. The minimum atomic E-state index is 0.889. The van der Waals surface area contributed by atoms with Gasteiger partial charge < -0.3 is 4.57 Å². The van der Waals surface area contributed by atoms with Crippen molar-refractivity contribution >= 4 is 0 Å². The second kappa shape index (κ2) is 4.50. The van der Waals surface area contributed by atoms with Gasteiger partial charge in [-0.2, -0.15) is 0 Å². The molecular formula is C18H19N4+. The Morgan fingerprint density at radius 3 is 2.77 bits per heavy atom. The molecule has 0 spiro atoms. The van der Waals surface area contributed by atoms with Gasteiger partial charge in [0.25, 0.3) is 6.33 Å². The number of benzene rings is 1. The van der Waals surface area contributed by atoms with E-state index < -0.39 is 0 Å². The van der Waals surface area contributed by atoms with Crippen molar-refractivity contribution in [2.24, 2.45) is 7.05 Å². The van der Waals surface area contributed by atoms with Gasteiger partial charge in [-0.25, -0.2) is 9.55 Å². The van der Waals surface area contributed by atoms with Gasteiger partial charge >= 0.3 is 0 Å². The molecule has 0 bridgehead atoms. The SMILES string of the molecule is Cc1cc(-c2c(C)c(C)cc3c2Cc2nccn2-3)[n+](C)cn1. The first-order valence-electron chi connectivity index (χ1n) is 7.54. The van der Waals surface area contributed by atoms with Gasteiger partial charge in [-0.15, -0.1) is 0 Å². The van der Waals surface area contributed by atoms with Gasteiger partial charge in [0.15, 0.2) is 5.69 Å². The van der Waals surface area contributed by atoms with E-state index in [9.17, 15) is 0 Å². The molecular weight excluding hydrogens is 272 g/mol. The van der Waals surface area contributed by atoms with Crippen LogP contribution in [0.2, 0.25) is 0 Å². The van der Waals surface area contributed by atoms with Crippen LogP contribution < -0.4 is 4.57 Å². The van der Waals surface area contributed by atoms with Crippen LogP contribution in [-0.2, 0) is 13.5 Å². The molecule has 22 heavy (non-hydrogen) atoms. The molecule has 2 aromatic heterocycles. The highest BCUT2D eigenvalue weighted by atomic mass is 15.1. The smallest absolute Gasteiger partial charge is 0.286 e. The van der Waals surface area contributed by atoms with Crippen molar-refractivity contribution in [1.82, 2.24) is 14.5 Å². The first-order valence-corrected chi connectivity index (χ1v) is 7.54. The van der Waals surface area contributed by atoms with Gasteiger partial charge in [0.05, 0.1) is 12.7 Å². The molecule has 0 saturated heterocycles. The van der Waals surface area contributed by atoms with Crippen molar-refractivity contribution in [3.63, 3.8) is 0 Å². The maximum Gasteiger partial charge on any atom is 0.286 e. The maximum atomic E-state index is 4.49. The summed E-state index contributed by atoms with van der Waals surface area (Å²) < 4.78 is 4.31. The fourth-order valence-corrected chi connectivity index (χ4v) is 3.36. The molecule has 0 saturated carbocycles. The highest BCUT2D eigenvalue weighted by Gasteiger charge is 2.27. The van der Waals surface area contributed by atoms with Crippen LogP contribution in [0.1, 0.15) is 28.2 Å². The molecule has 4 heteroatoms. The molecule has 0 amide bonds. The first-order chi connectivity index (χ1) is 10.6. The lowest BCUT2D eigenvalue weighted by molar-refractivity contribution is -0.663. The molecule has 110 valence electrons. The average molecular weight is 291 g/mol. The van der Waals surface area contributed by atoms with E-state index in [1.807, 2.05) is 19.4 Å². The van der Waals surface area contributed by atoms with E-state index in [1.54, 1.807) is 0 Å². The van der Waals surface area contributed by atoms with Crippen molar-refractivity contribution in [2.45, 2.75) is 27.2 Å². The van der Waals surface area contributed by atoms with E-state index >= 15 is 0 Å². The molecule has 4 rings (SSSR count). The molecule has 0 N–H and O–H groups in total. The molecule has 0 aliphatic carbocycles. The molecule has 0 radical (unpaired) electrons. The Morgan fingerprint density at radius 1 is 1.14 bits per heavy atom. The van der Waals surface area contributed by atoms with Crippen LogP contribution in [0.4, 0.5) is 0 Å². The Balaban J connectivity index is 2.06. The number of imidazole rings is 1. The second-order valence-corrected chi connectivity index (χ2v) is 6.11. The van der Waals surface area contributed by atoms with Crippen molar-refractivity contribution in [2.75, 3.05) is 0 Å². The minimum Gasteiger partial charge on any atom is -0.303 e. The van der Waals surface area contributed by atoms with Crippen molar-refractivity contribution < 1.29 is 4.57 Å². The Morgan fingerprint density at radius 2 is 1.95 bits per heavy atom. The van der Waals surface area contributed by atoms with E-state index in [4.69, 9.17) is 0 Å². The highest BCUT2D eigenvalue weighted by molar-refractivity contribution is 5.74. The van der Waals surface area contributed by atoms with Gasteiger partial charge in [0.1, 0.15) is 11.5 Å². The zero-order chi connectivity index (χ0) is 15.4. The summed E-state index contributed by atoms with van der Waals surface area (Å²) in [5, 5.41) is 0. The Labute approximate surface area is 130 Å². The fraction of sp³-hybridized carbons (Fsp3) is 0.278. The number of rotatable bonds is 1. The topological polar surface area (TPSA) is 34.6 Å². The number of fused-ring (bicyclic) bond motifs is 3. The summed E-state index contributed by atoms with van der Waals surface area (Å²) >= 11 is 0. The van der Waals surface area contributed by atoms with Gasteiger partial charge in [-0.3, -0.25) is 0 Å². The van der Waals surface area contributed by atoms with E-state index in [-0.39, 0.29) is 0 Å². The number of nitrogens with zero attached hydrogens (tertiary/aromatic N) is 4. The molecule has 0 atom stereocenters. The van der Waals surface area contributed by atoms with Crippen LogP contribution in [0.25, 0.3) is 16.9 Å². The minimum absolute atomic E-state index is 0.889. The zero-order valence-electron chi connectivity index (χ0n) is 13.4. The van der Waals surface area contributed by atoms with Crippen LogP contribution >= 0.6 is 0 Å². The monoisotopic (exact) mass is 291 g/mol. The second-order valence-electron chi connectivity index (χ2n) is 6.11. The van der Waals surface area contributed by atoms with Gasteiger partial charge in [0, 0.05) is 37.4 Å². The van der Waals surface area contributed by atoms with E-state index in [1.165, 1.54) is 33.6 Å². The van der Waals surface area contributed by atoms with Gasteiger partial charge in [0.2, 0.25) is 0 Å². The Hall–Kier alpha value is -2.49. The number of aromatic nitrogens is 4. The quantitative estimate of drug-likeness (QED) is 0.505. The lowest BCUT2D eigenvalue weighted by atomic mass is 9.92. The molecule has 4 nitrogen and oxygen atoms in total. The van der Waals surface area contributed by atoms with Crippen molar-refractivity contribution in [3.05, 3.63) is 59.1 Å². The van der Waals surface area contributed by atoms with E-state index in [0.29, 0.717) is 0 Å². The normalized spacial score (nSPS) is 12.4. The number of hydrogen-bond donors (Lipinski definition) is 0. The summed E-state index contributed by atoms with van der Waals surface area (Å²) in [6.07, 6.45) is 6.72. The summed E-state index contributed by atoms with van der Waals surface area (Å²) in [4.78, 5) is 8.87. The summed E-state index contributed by atoms with van der Waals surface area (Å²) in [5.41, 5.74) is 8.87. The van der Waals surface area contributed by atoms with Crippen LogP contribution in [0.15, 0.2) is 30.9 Å². The predicted molar refractivity (Wildman–Crippen MR) is 85.0 cm³/mol. The van der Waals surface area contributed by atoms with Gasteiger partial charge in [-0.05, 0) is 36.6 Å². The molecule has 3 heterocycles. The first kappa shape index (κ1) is 13.2. The van der Waals surface area contributed by atoms with Crippen molar-refractivity contribution in [1.29, 1.82) is 0 Å². The summed E-state index contributed by atoms with van der Waals surface area (Å²) in [5.74, 6) is 1.12. The summed E-state index contributed by atoms with van der Waals surface area (Å²) in [6.45, 7) is 6.43. The lowest BCUT2D eigenvalue weighted by Gasteiger charge is -2.15. The Bertz CT molecular complexity index is 906. The van der Waals surface area contributed by atoms with Crippen LogP contribution in [0.3, 0.4) is 0 Å². The predicted octanol–water partition coefficient (Wildman–Crippen LogP) is 2.59. The molecule has 0 unspecified atom stereocenters. The summed E-state index contributed by atoms with van der Waals surface area (Å²) in [6, 6.07) is 4.45. The van der Waals surface area contributed by atoms with Crippen LogP contribution in [0.5, 0.6) is 0 Å². The third-order valence-electron chi connectivity index (χ3n) is 4.66. The highest BCUT2D eigenvalue weighted by Crippen LogP contribution is 2.37. The molecule has 3 aromatic rings. The third kappa shape index (κ3) is 1.73. The fourth-order valence-electron chi connectivity index (χ4n) is 3.36. The molecule has 1 aliphatic heterocycles. The van der Waals surface area contributed by atoms with E-state index in [0.717, 1.165) is 17.9 Å². The number of hydrogen-bond acceptors (Lipinski definition) is 2. The number of aryl methyl sites for hydroxylation is 3. The molecule has 1 aliphatic rings. The van der Waals surface area contributed by atoms with Crippen LogP contribution in [0, 0.1) is 20.8 Å². The largest absolute Gasteiger partial charge is 0.303 e. The Kier molecular flexibility index (Phi) is 2.70.